The molecule has 0 saturated heterocycles. The number of halogens is 4. The Bertz CT molecular complexity index is 757. The zero-order chi connectivity index (χ0) is 15.1. The second kappa shape index (κ2) is 5.92. The fraction of sp³-hybridized carbons (Fsp3) is 0.0909. The van der Waals surface area contributed by atoms with Crippen LogP contribution in [0.15, 0.2) is 30.7 Å². The Kier molecular flexibility index (Phi) is 4.80. The van der Waals surface area contributed by atoms with Crippen molar-refractivity contribution in [2.24, 2.45) is 0 Å². The van der Waals surface area contributed by atoms with Gasteiger partial charge >= 0.3 is 0 Å². The number of rotatable bonds is 3. The molecule has 3 nitrogen and oxygen atoms in total. The zero-order valence-electron chi connectivity index (χ0n) is 9.88. The topological polar surface area (TPSA) is 46.2 Å². The fourth-order valence-electron chi connectivity index (χ4n) is 1.41. The normalized spacial score (nSPS) is 11.7. The summed E-state index contributed by atoms with van der Waals surface area (Å²) >= 11 is 13.0. The third-order valence-corrected chi connectivity index (χ3v) is 7.32. The van der Waals surface area contributed by atoms with Crippen LogP contribution in [-0.2, 0) is 10.0 Å². The number of sulfonamides is 1. The molecule has 0 aliphatic heterocycles. The van der Waals surface area contributed by atoms with Crippen LogP contribution in [0.1, 0.15) is 5.56 Å². The highest BCUT2D eigenvalue weighted by molar-refractivity contribution is 9.11. The van der Waals surface area contributed by atoms with Crippen molar-refractivity contribution < 1.29 is 12.8 Å². The molecule has 9 heteroatoms. The van der Waals surface area contributed by atoms with Gasteiger partial charge in [-0.25, -0.2) is 12.8 Å². The quantitative estimate of drug-likeness (QED) is 0.682. The molecule has 0 radical (unpaired) electrons. The Balaban J connectivity index is 2.40. The van der Waals surface area contributed by atoms with E-state index in [9.17, 15) is 12.8 Å². The van der Waals surface area contributed by atoms with E-state index in [2.05, 4.69) is 36.6 Å². The smallest absolute Gasteiger partial charge is 0.271 e. The average Bonchev–Trinajstić information content (AvgIpc) is 2.67. The number of nitrogens with one attached hydrogen (secondary N) is 1. The van der Waals surface area contributed by atoms with Crippen LogP contribution in [-0.4, -0.2) is 8.42 Å². The number of benzene rings is 1. The minimum Gasteiger partial charge on any atom is -0.279 e. The summed E-state index contributed by atoms with van der Waals surface area (Å²) in [6.45, 7) is 1.68. The van der Waals surface area contributed by atoms with E-state index in [-0.39, 0.29) is 14.4 Å². The van der Waals surface area contributed by atoms with Crippen LogP contribution in [0.5, 0.6) is 0 Å². The second-order valence-electron chi connectivity index (χ2n) is 3.87. The van der Waals surface area contributed by atoms with Crippen LogP contribution in [0.25, 0.3) is 0 Å². The highest BCUT2D eigenvalue weighted by Gasteiger charge is 2.20. The van der Waals surface area contributed by atoms with Gasteiger partial charge in [-0.3, -0.25) is 4.72 Å². The van der Waals surface area contributed by atoms with E-state index < -0.39 is 15.8 Å². The minimum atomic E-state index is -3.80. The molecule has 0 saturated carbocycles. The highest BCUT2D eigenvalue weighted by Crippen LogP contribution is 2.35. The van der Waals surface area contributed by atoms with Gasteiger partial charge in [-0.2, -0.15) is 0 Å². The zero-order valence-corrected chi connectivity index (χ0v) is 15.4. The molecule has 1 aromatic carbocycles. The predicted octanol–water partition coefficient (Wildman–Crippen LogP) is 5.17. The average molecular weight is 464 g/mol. The summed E-state index contributed by atoms with van der Waals surface area (Å²) < 4.78 is 41.1. The van der Waals surface area contributed by atoms with Gasteiger partial charge < -0.3 is 0 Å². The molecule has 0 aliphatic carbocycles. The monoisotopic (exact) mass is 461 g/mol. The number of thiophene rings is 1. The van der Waals surface area contributed by atoms with E-state index in [4.69, 9.17) is 11.6 Å². The van der Waals surface area contributed by atoms with Crippen LogP contribution >= 0.6 is 54.8 Å². The lowest BCUT2D eigenvalue weighted by molar-refractivity contribution is 0.603. The standard InChI is InChI=1S/C11H7Br2ClFNO2S2/c1-5-2-6(12)8(15)4-9(5)16-20(17,18)10-3-7(14)11(13)19-10/h2-4,16H,1H3. The Morgan fingerprint density at radius 2 is 1.95 bits per heavy atom. The van der Waals surface area contributed by atoms with Crippen molar-refractivity contribution in [2.45, 2.75) is 11.1 Å². The summed E-state index contributed by atoms with van der Waals surface area (Å²) in [6, 6.07) is 3.97. The predicted molar refractivity (Wildman–Crippen MR) is 86.7 cm³/mol. The van der Waals surface area contributed by atoms with Gasteiger partial charge in [0.25, 0.3) is 10.0 Å². The summed E-state index contributed by atoms with van der Waals surface area (Å²) in [5.74, 6) is -0.543. The van der Waals surface area contributed by atoms with E-state index in [0.29, 0.717) is 14.4 Å². The Morgan fingerprint density at radius 1 is 1.30 bits per heavy atom. The molecule has 0 amide bonds. The van der Waals surface area contributed by atoms with Gasteiger partial charge in [0.1, 0.15) is 10.0 Å². The fourth-order valence-corrected chi connectivity index (χ4v) is 5.39. The molecule has 108 valence electrons. The van der Waals surface area contributed by atoms with Crippen LogP contribution < -0.4 is 4.72 Å². The van der Waals surface area contributed by atoms with Gasteiger partial charge in [0, 0.05) is 0 Å². The maximum Gasteiger partial charge on any atom is 0.271 e. The van der Waals surface area contributed by atoms with E-state index in [1.807, 2.05) is 0 Å². The first-order valence-corrected chi connectivity index (χ1v) is 9.40. The first kappa shape index (κ1) is 16.2. The lowest BCUT2D eigenvalue weighted by Gasteiger charge is -2.10. The third-order valence-electron chi connectivity index (χ3n) is 2.40. The molecular weight excluding hydrogens is 457 g/mol. The van der Waals surface area contributed by atoms with E-state index in [1.54, 1.807) is 6.92 Å². The van der Waals surface area contributed by atoms with Gasteiger partial charge in [0.2, 0.25) is 0 Å². The summed E-state index contributed by atoms with van der Waals surface area (Å²) in [6.07, 6.45) is 0. The maximum atomic E-state index is 13.5. The van der Waals surface area contributed by atoms with Crippen LogP contribution in [0.4, 0.5) is 10.1 Å². The molecule has 2 rings (SSSR count). The summed E-state index contributed by atoms with van der Waals surface area (Å²) in [4.78, 5) is 0. The van der Waals surface area contributed by atoms with Gasteiger partial charge in [0.05, 0.1) is 19.0 Å². The third kappa shape index (κ3) is 3.36. The Morgan fingerprint density at radius 3 is 2.50 bits per heavy atom. The first-order chi connectivity index (χ1) is 9.20. The number of hydrogen-bond acceptors (Lipinski definition) is 3. The maximum absolute atomic E-state index is 13.5. The van der Waals surface area contributed by atoms with Crippen molar-refractivity contribution in [1.29, 1.82) is 0 Å². The van der Waals surface area contributed by atoms with E-state index >= 15 is 0 Å². The van der Waals surface area contributed by atoms with Gasteiger partial charge in [-0.15, -0.1) is 11.3 Å². The van der Waals surface area contributed by atoms with Gasteiger partial charge in [-0.05, 0) is 62.5 Å². The van der Waals surface area contributed by atoms with Crippen molar-refractivity contribution in [2.75, 3.05) is 4.72 Å². The SMILES string of the molecule is Cc1cc(Br)c(F)cc1NS(=O)(=O)c1cc(Cl)c(Br)s1. The lowest BCUT2D eigenvalue weighted by Crippen LogP contribution is -2.12. The molecule has 0 spiro atoms. The molecule has 0 bridgehead atoms. The van der Waals surface area contributed by atoms with Crippen molar-refractivity contribution in [3.05, 3.63) is 42.9 Å². The first-order valence-electron chi connectivity index (χ1n) is 5.14. The van der Waals surface area contributed by atoms with Crippen molar-refractivity contribution in [1.82, 2.24) is 0 Å². The van der Waals surface area contributed by atoms with E-state index in [0.717, 1.165) is 17.4 Å². The molecule has 0 atom stereocenters. The van der Waals surface area contributed by atoms with Crippen molar-refractivity contribution >= 4 is 70.5 Å². The molecule has 20 heavy (non-hydrogen) atoms. The molecule has 1 heterocycles. The summed E-state index contributed by atoms with van der Waals surface area (Å²) in [7, 11) is -3.80. The summed E-state index contributed by atoms with van der Waals surface area (Å²) in [5.41, 5.74) is 0.787. The number of hydrogen-bond donors (Lipinski definition) is 1. The molecule has 0 fully saturated rings. The van der Waals surface area contributed by atoms with Crippen molar-refractivity contribution in [3.63, 3.8) is 0 Å². The number of aryl methyl sites for hydroxylation is 1. The Labute approximate surface area is 141 Å². The Hall–Kier alpha value is -0.150. The minimum absolute atomic E-state index is 0.0529. The summed E-state index contributed by atoms with van der Waals surface area (Å²) in [5, 5.41) is 0.314. The second-order valence-corrected chi connectivity index (χ2v) is 9.41. The van der Waals surface area contributed by atoms with Gasteiger partial charge in [0.15, 0.2) is 0 Å². The molecule has 0 aliphatic rings. The lowest BCUT2D eigenvalue weighted by atomic mass is 10.2. The van der Waals surface area contributed by atoms with Crippen LogP contribution in [0, 0.1) is 12.7 Å². The van der Waals surface area contributed by atoms with Crippen LogP contribution in [0.2, 0.25) is 5.02 Å². The molecular formula is C11H7Br2ClFNO2S2. The largest absolute Gasteiger partial charge is 0.279 e. The molecule has 1 aromatic heterocycles. The molecule has 2 aromatic rings. The molecule has 1 N–H and O–H groups in total. The van der Waals surface area contributed by atoms with Crippen LogP contribution in [0.3, 0.4) is 0 Å². The van der Waals surface area contributed by atoms with E-state index in [1.165, 1.54) is 12.1 Å². The molecule has 0 unspecified atom stereocenters. The van der Waals surface area contributed by atoms with Gasteiger partial charge in [-0.1, -0.05) is 11.6 Å². The number of anilines is 1. The van der Waals surface area contributed by atoms with Crippen molar-refractivity contribution in [3.8, 4) is 0 Å². The highest BCUT2D eigenvalue weighted by atomic mass is 79.9.